The van der Waals surface area contributed by atoms with E-state index in [1.54, 1.807) is 88.5 Å². The van der Waals surface area contributed by atoms with Crippen molar-refractivity contribution >= 4 is 65.7 Å². The van der Waals surface area contributed by atoms with Gasteiger partial charge in [-0.3, -0.25) is 24.0 Å². The van der Waals surface area contributed by atoms with Crippen molar-refractivity contribution in [3.05, 3.63) is 65.9 Å². The number of likely N-dealkylation sites (N-methyl/N-ethyl adjacent to an activating group) is 3. The number of ether oxygens (including phenoxy) is 1. The van der Waals surface area contributed by atoms with Gasteiger partial charge in [0.05, 0.1) is 6.07 Å². The van der Waals surface area contributed by atoms with Crippen LogP contribution in [-0.2, 0) is 51.3 Å². The molecule has 3 aromatic rings. The molecule has 1 aromatic heterocycles. The molecular formula is C49H63BF6N8O9. The number of benzene rings is 2. The highest BCUT2D eigenvalue weighted by atomic mass is 19.4. The van der Waals surface area contributed by atoms with E-state index in [2.05, 4.69) is 10.6 Å². The largest absolute Gasteiger partial charge is 0.479 e. The lowest BCUT2D eigenvalue weighted by molar-refractivity contribution is -0.172. The number of esters is 1. The molecule has 0 unspecified atom stereocenters. The minimum Gasteiger partial charge on any atom is -0.479 e. The fourth-order valence-corrected chi connectivity index (χ4v) is 7.91. The number of rotatable bonds is 25. The molecule has 0 bridgehead atoms. The van der Waals surface area contributed by atoms with Crippen molar-refractivity contribution in [2.75, 3.05) is 21.1 Å². The van der Waals surface area contributed by atoms with E-state index in [9.17, 15) is 65.0 Å². The van der Waals surface area contributed by atoms with E-state index < -0.39 is 115 Å². The Morgan fingerprint density at radius 1 is 0.781 bits per heavy atom. The Morgan fingerprint density at radius 2 is 1.33 bits per heavy atom. The molecule has 17 nitrogen and oxygen atoms in total. The number of nitrogens with zero attached hydrogens (tertiary/aromatic N) is 5. The van der Waals surface area contributed by atoms with Gasteiger partial charge in [-0.05, 0) is 55.2 Å². The van der Waals surface area contributed by atoms with Crippen LogP contribution < -0.4 is 21.8 Å². The molecule has 1 heterocycles. The molecule has 0 saturated heterocycles. The van der Waals surface area contributed by atoms with Gasteiger partial charge in [0, 0.05) is 70.5 Å². The van der Waals surface area contributed by atoms with E-state index in [0.717, 1.165) is 29.5 Å². The van der Waals surface area contributed by atoms with Gasteiger partial charge in [0.1, 0.15) is 38.1 Å². The van der Waals surface area contributed by atoms with Crippen molar-refractivity contribution in [1.82, 2.24) is 29.9 Å². The highest BCUT2D eigenvalue weighted by Gasteiger charge is 2.46. The zero-order valence-corrected chi connectivity index (χ0v) is 41.9. The lowest BCUT2D eigenvalue weighted by atomic mass is 9.95. The van der Waals surface area contributed by atoms with Crippen molar-refractivity contribution in [1.29, 1.82) is 5.26 Å². The number of amides is 5. The number of alkyl halides is 6. The summed E-state index contributed by atoms with van der Waals surface area (Å²) >= 11 is 0. The van der Waals surface area contributed by atoms with Crippen molar-refractivity contribution in [2.45, 2.75) is 141 Å². The number of carboxylic acid groups (broad SMARTS) is 1. The second kappa shape index (κ2) is 26.4. The lowest BCUT2D eigenvalue weighted by Gasteiger charge is -2.35. The molecule has 0 aliphatic carbocycles. The van der Waals surface area contributed by atoms with Crippen LogP contribution in [0.15, 0.2) is 54.7 Å². The van der Waals surface area contributed by atoms with Crippen LogP contribution in [0.3, 0.4) is 0 Å². The Morgan fingerprint density at radius 3 is 1.88 bits per heavy atom. The molecule has 24 heteroatoms. The minimum atomic E-state index is -5.22. The first-order valence-electron chi connectivity index (χ1n) is 23.4. The number of para-hydroxylation sites is 1. The first-order valence-corrected chi connectivity index (χ1v) is 23.4. The number of carbonyl (C=O) groups excluding carboxylic acids is 6. The topological polar surface area (TPSA) is 237 Å². The van der Waals surface area contributed by atoms with Crippen molar-refractivity contribution in [3.63, 3.8) is 0 Å². The van der Waals surface area contributed by atoms with Crippen LogP contribution in [0.4, 0.5) is 26.3 Å². The molecule has 5 N–H and O–H groups in total. The summed E-state index contributed by atoms with van der Waals surface area (Å²) in [5.41, 5.74) is 7.63. The third kappa shape index (κ3) is 17.5. The number of hydrogen-bond acceptors (Lipinski definition) is 10. The second-order valence-corrected chi connectivity index (χ2v) is 18.8. The quantitative estimate of drug-likeness (QED) is 0.0535. The predicted molar refractivity (Wildman–Crippen MR) is 256 cm³/mol. The molecule has 5 amide bonds. The maximum absolute atomic E-state index is 14.9. The van der Waals surface area contributed by atoms with E-state index in [1.165, 1.54) is 14.0 Å². The first-order chi connectivity index (χ1) is 33.9. The Labute approximate surface area is 421 Å². The van der Waals surface area contributed by atoms with Crippen LogP contribution in [0, 0.1) is 23.2 Å². The van der Waals surface area contributed by atoms with Gasteiger partial charge < -0.3 is 45.5 Å². The molecular weight excluding hydrogens is 969 g/mol. The van der Waals surface area contributed by atoms with Crippen LogP contribution in [0.25, 0.3) is 10.9 Å². The highest BCUT2D eigenvalue weighted by Crippen LogP contribution is 2.28. The van der Waals surface area contributed by atoms with Gasteiger partial charge in [0.2, 0.25) is 29.5 Å². The predicted octanol–water partition coefficient (Wildman–Crippen LogP) is 4.12. The summed E-state index contributed by atoms with van der Waals surface area (Å²) in [4.78, 5) is 97.9. The Hall–Kier alpha value is -6.64. The van der Waals surface area contributed by atoms with Crippen LogP contribution in [-0.4, -0.2) is 150 Å². The molecule has 398 valence electrons. The Balaban J connectivity index is 2.17. The average molecular weight is 1030 g/mol. The number of carbonyl (C=O) groups is 7. The second-order valence-electron chi connectivity index (χ2n) is 18.8. The average Bonchev–Trinajstić information content (AvgIpc) is 3.66. The molecule has 0 fully saturated rings. The Kier molecular flexibility index (Phi) is 21.9. The van der Waals surface area contributed by atoms with Crippen LogP contribution in [0.5, 0.6) is 0 Å². The van der Waals surface area contributed by atoms with Gasteiger partial charge in [-0.1, -0.05) is 75.6 Å². The van der Waals surface area contributed by atoms with E-state index in [-0.39, 0.29) is 38.0 Å². The van der Waals surface area contributed by atoms with Crippen LogP contribution in [0.1, 0.15) is 84.3 Å². The third-order valence-electron chi connectivity index (χ3n) is 12.1. The summed E-state index contributed by atoms with van der Waals surface area (Å²) < 4.78 is 89.5. The van der Waals surface area contributed by atoms with Gasteiger partial charge in [-0.2, -0.15) is 31.6 Å². The molecule has 0 saturated carbocycles. The fraction of sp³-hybridized carbons (Fsp3) is 0.551. The number of nitriles is 1. The summed E-state index contributed by atoms with van der Waals surface area (Å²) in [5.74, 6) is -9.62. The lowest BCUT2D eigenvalue weighted by Crippen LogP contribution is -2.61. The zero-order chi connectivity index (χ0) is 55.3. The zero-order valence-electron chi connectivity index (χ0n) is 41.9. The number of carboxylic acids is 1. The molecule has 0 spiro atoms. The van der Waals surface area contributed by atoms with E-state index in [1.807, 2.05) is 4.57 Å². The Bertz CT molecular complexity index is 2460. The number of halogens is 6. The van der Waals surface area contributed by atoms with Gasteiger partial charge in [0.25, 0.3) is 0 Å². The summed E-state index contributed by atoms with van der Waals surface area (Å²) in [6, 6.07) is 4.29. The maximum Gasteiger partial charge on any atom is 0.412 e. The van der Waals surface area contributed by atoms with Gasteiger partial charge >= 0.3 is 24.3 Å². The SMILES string of the molecule is [B]c1ccc(Cn2cc(C[C@@H](C(=O)N[C@@H](CC(C)C)C(=O)N(C)[C@@H](C)C(=O)O[C@H](CCC#N)C(=O)O)N(C)C(=O)[C@H](CCC(F)(F)F)NC(=O)[C@H](CC(C)C)N(C)C(=O)[C@@H](N)C(F)(F)F)c3ccccc32)cc1. The van der Waals surface area contributed by atoms with E-state index >= 15 is 0 Å². The van der Waals surface area contributed by atoms with E-state index in [0.29, 0.717) is 33.4 Å². The van der Waals surface area contributed by atoms with Gasteiger partial charge in [-0.15, -0.1) is 0 Å². The summed E-state index contributed by atoms with van der Waals surface area (Å²) in [6.45, 7) is 8.08. The fourth-order valence-electron chi connectivity index (χ4n) is 7.91. The highest BCUT2D eigenvalue weighted by molar-refractivity contribution is 6.32. The maximum atomic E-state index is 14.9. The van der Waals surface area contributed by atoms with Crippen LogP contribution in [0.2, 0.25) is 0 Å². The third-order valence-corrected chi connectivity index (χ3v) is 12.1. The minimum absolute atomic E-state index is 0.0758. The summed E-state index contributed by atoms with van der Waals surface area (Å²) in [5, 5.41) is 24.0. The number of nitrogens with two attached hydrogens (primary N) is 1. The molecule has 2 radical (unpaired) electrons. The summed E-state index contributed by atoms with van der Waals surface area (Å²) in [7, 11) is 9.05. The molecule has 73 heavy (non-hydrogen) atoms. The van der Waals surface area contributed by atoms with Crippen molar-refractivity contribution < 1.29 is 69.7 Å². The molecule has 0 aliphatic heterocycles. The normalized spacial score (nSPS) is 14.7. The number of fused-ring (bicyclic) bond motifs is 1. The molecule has 3 rings (SSSR count). The monoisotopic (exact) mass is 1030 g/mol. The van der Waals surface area contributed by atoms with E-state index in [4.69, 9.17) is 23.6 Å². The summed E-state index contributed by atoms with van der Waals surface area (Å²) in [6.07, 6.45) is -14.2. The van der Waals surface area contributed by atoms with Crippen molar-refractivity contribution in [2.24, 2.45) is 17.6 Å². The first kappa shape index (κ1) is 60.7. The molecule has 2 aromatic carbocycles. The number of aliphatic carboxylic acids is 1. The molecule has 0 aliphatic rings. The van der Waals surface area contributed by atoms with Crippen molar-refractivity contribution in [3.8, 4) is 6.07 Å². The number of aromatic nitrogens is 1. The van der Waals surface area contributed by atoms with Crippen LogP contribution >= 0.6 is 0 Å². The molecule has 7 atom stereocenters. The van der Waals surface area contributed by atoms with Gasteiger partial charge in [-0.25, -0.2) is 9.59 Å². The standard InChI is InChI=1S/C49H63BF6N8O9/c1-27(2)22-35(44(68)61(6)29(5)47(72)73-39(46(70)71)14-11-21-57)60-42(66)38(24-31-26-64(36-13-10-9-12-33(31)36)25-30-15-17-32(50)18-16-30)62(7)43(67)34(19-20-48(51,52)53)59-41(65)37(23-28(3)4)63(8)45(69)40(58)49(54,55)56/h9-10,12-13,15-18,26-29,34-35,37-40H,11,14,19-20,22-25,58H2,1-8H3,(H,59,65)(H,60,66)(H,70,71)/t29-,34-,35-,37-,38-,39+,40+/m0/s1. The number of nitrogens with one attached hydrogen (secondary N) is 2. The smallest absolute Gasteiger partial charge is 0.412 e. The van der Waals surface area contributed by atoms with Gasteiger partial charge in [0.15, 0.2) is 12.1 Å². The number of hydrogen-bond donors (Lipinski definition) is 4.